The van der Waals surface area contributed by atoms with Gasteiger partial charge in [0.1, 0.15) is 6.29 Å². The summed E-state index contributed by atoms with van der Waals surface area (Å²) in [4.78, 5) is 23.4. The monoisotopic (exact) mass is 198 g/mol. The van der Waals surface area contributed by atoms with Gasteiger partial charge >= 0.3 is 0 Å². The van der Waals surface area contributed by atoms with Crippen molar-refractivity contribution in [3.8, 4) is 0 Å². The Hall–Kier alpha value is -1.16. The summed E-state index contributed by atoms with van der Waals surface area (Å²) >= 11 is 0. The average Bonchev–Trinajstić information content (AvgIpc) is 2.12. The molecule has 2 unspecified atom stereocenters. The second-order valence-electron chi connectivity index (χ2n) is 3.28. The van der Waals surface area contributed by atoms with Crippen molar-refractivity contribution in [2.24, 2.45) is 5.73 Å². The predicted octanol–water partition coefficient (Wildman–Crippen LogP) is 0.673. The van der Waals surface area contributed by atoms with Crippen LogP contribution in [-0.2, 0) is 9.59 Å². The molecule has 0 radical (unpaired) electrons. The highest BCUT2D eigenvalue weighted by molar-refractivity contribution is 5.79. The lowest BCUT2D eigenvalue weighted by molar-refractivity contribution is -0.132. The summed E-state index contributed by atoms with van der Waals surface area (Å²) in [5.41, 5.74) is 6.10. The van der Waals surface area contributed by atoms with Gasteiger partial charge < -0.3 is 15.4 Å². The van der Waals surface area contributed by atoms with E-state index >= 15 is 0 Å². The topological polar surface area (TPSA) is 63.4 Å². The smallest absolute Gasteiger partial charge is 0.224 e. The van der Waals surface area contributed by atoms with Gasteiger partial charge in [-0.1, -0.05) is 13.5 Å². The number of rotatable bonds is 5. The van der Waals surface area contributed by atoms with Crippen molar-refractivity contribution >= 4 is 12.2 Å². The third-order valence-electron chi connectivity index (χ3n) is 2.08. The van der Waals surface area contributed by atoms with Crippen LogP contribution in [0.4, 0.5) is 0 Å². The average molecular weight is 198 g/mol. The number of nitrogens with zero attached hydrogens (tertiary/aromatic N) is 1. The zero-order valence-electron chi connectivity index (χ0n) is 8.99. The molecule has 0 aliphatic rings. The van der Waals surface area contributed by atoms with Gasteiger partial charge in [-0.15, -0.1) is 0 Å². The fraction of sp³-hybridized carbons (Fsp3) is 0.600. The Morgan fingerprint density at radius 1 is 1.64 bits per heavy atom. The van der Waals surface area contributed by atoms with Gasteiger partial charge in [0.25, 0.3) is 0 Å². The van der Waals surface area contributed by atoms with Gasteiger partial charge in [-0.2, -0.15) is 0 Å². The summed E-state index contributed by atoms with van der Waals surface area (Å²) in [6, 6.07) is -0.779. The minimum absolute atomic E-state index is 0.203. The summed E-state index contributed by atoms with van der Waals surface area (Å²) in [6.07, 6.45) is 1.31. The van der Waals surface area contributed by atoms with Crippen LogP contribution in [0, 0.1) is 0 Å². The van der Waals surface area contributed by atoms with Crippen LogP contribution in [0.2, 0.25) is 0 Å². The van der Waals surface area contributed by atoms with Crippen molar-refractivity contribution in [2.75, 3.05) is 0 Å². The molecule has 0 fully saturated rings. The Kier molecular flexibility index (Phi) is 5.09. The predicted molar refractivity (Wildman–Crippen MR) is 55.5 cm³/mol. The molecule has 0 saturated heterocycles. The molecule has 0 bridgehead atoms. The molecule has 4 nitrogen and oxygen atoms in total. The molecule has 2 atom stereocenters. The number of amides is 1. The lowest BCUT2D eigenvalue weighted by atomic mass is 10.1. The molecule has 0 saturated carbocycles. The van der Waals surface area contributed by atoms with Crippen molar-refractivity contribution < 1.29 is 9.59 Å². The number of hydrogen-bond acceptors (Lipinski definition) is 3. The molecule has 1 amide bonds. The largest absolute Gasteiger partial charge is 0.323 e. The molecule has 0 heterocycles. The molecule has 0 aromatic carbocycles. The SMILES string of the molecule is C=C(C(C)N)N(C(C)=O)C(C=O)CC. The molecule has 0 spiro atoms. The normalized spacial score (nSPS) is 14.3. The first-order valence-electron chi connectivity index (χ1n) is 4.65. The van der Waals surface area contributed by atoms with E-state index in [-0.39, 0.29) is 11.9 Å². The van der Waals surface area contributed by atoms with Crippen LogP contribution in [-0.4, -0.2) is 29.2 Å². The van der Waals surface area contributed by atoms with Crippen LogP contribution in [0.25, 0.3) is 0 Å². The molecule has 0 rings (SSSR count). The van der Waals surface area contributed by atoms with Crippen molar-refractivity contribution in [3.63, 3.8) is 0 Å². The van der Waals surface area contributed by atoms with Gasteiger partial charge in [0.2, 0.25) is 5.91 Å². The molecule has 0 aliphatic heterocycles. The highest BCUT2D eigenvalue weighted by atomic mass is 16.2. The molecule has 2 N–H and O–H groups in total. The second-order valence-corrected chi connectivity index (χ2v) is 3.28. The van der Waals surface area contributed by atoms with Gasteiger partial charge in [0.05, 0.1) is 6.04 Å². The number of carbonyl (C=O) groups excluding carboxylic acids is 2. The van der Waals surface area contributed by atoms with Gasteiger partial charge in [-0.05, 0) is 13.3 Å². The van der Waals surface area contributed by atoms with Gasteiger partial charge in [-0.25, -0.2) is 0 Å². The zero-order chi connectivity index (χ0) is 11.3. The lowest BCUT2D eigenvalue weighted by Gasteiger charge is -2.30. The number of aldehydes is 1. The molecule has 4 heteroatoms. The van der Waals surface area contributed by atoms with Crippen LogP contribution in [0.1, 0.15) is 27.2 Å². The van der Waals surface area contributed by atoms with E-state index in [0.29, 0.717) is 12.1 Å². The van der Waals surface area contributed by atoms with Gasteiger partial charge in [-0.3, -0.25) is 4.79 Å². The zero-order valence-corrected chi connectivity index (χ0v) is 8.99. The van der Waals surface area contributed by atoms with E-state index in [1.54, 1.807) is 6.92 Å². The van der Waals surface area contributed by atoms with E-state index in [0.717, 1.165) is 6.29 Å². The highest BCUT2D eigenvalue weighted by Gasteiger charge is 2.23. The first kappa shape index (κ1) is 12.8. The summed E-state index contributed by atoms with van der Waals surface area (Å²) in [7, 11) is 0. The number of hydrogen-bond donors (Lipinski definition) is 1. The first-order chi connectivity index (χ1) is 6.45. The Morgan fingerprint density at radius 2 is 2.14 bits per heavy atom. The Morgan fingerprint density at radius 3 is 2.36 bits per heavy atom. The lowest BCUT2D eigenvalue weighted by Crippen LogP contribution is -2.43. The van der Waals surface area contributed by atoms with Crippen LogP contribution in [0.5, 0.6) is 0 Å². The van der Waals surface area contributed by atoms with E-state index in [4.69, 9.17) is 5.73 Å². The van der Waals surface area contributed by atoms with Gasteiger partial charge in [0, 0.05) is 18.7 Å². The molecule has 14 heavy (non-hydrogen) atoms. The van der Waals surface area contributed by atoms with Crippen LogP contribution >= 0.6 is 0 Å². The van der Waals surface area contributed by atoms with Crippen LogP contribution < -0.4 is 5.73 Å². The molecule has 0 aromatic heterocycles. The van der Waals surface area contributed by atoms with E-state index in [9.17, 15) is 9.59 Å². The maximum absolute atomic E-state index is 11.3. The summed E-state index contributed by atoms with van der Waals surface area (Å²) in [6.45, 7) is 8.69. The van der Waals surface area contributed by atoms with Crippen molar-refractivity contribution in [2.45, 2.75) is 39.3 Å². The Labute approximate surface area is 84.8 Å². The van der Waals surface area contributed by atoms with Crippen LogP contribution in [0.15, 0.2) is 12.3 Å². The minimum Gasteiger partial charge on any atom is -0.323 e. The molecule has 0 aliphatic carbocycles. The summed E-state index contributed by atoms with van der Waals surface area (Å²) in [5, 5.41) is 0. The van der Waals surface area contributed by atoms with E-state index < -0.39 is 6.04 Å². The van der Waals surface area contributed by atoms with E-state index in [1.165, 1.54) is 11.8 Å². The maximum Gasteiger partial charge on any atom is 0.224 e. The van der Waals surface area contributed by atoms with Crippen LogP contribution in [0.3, 0.4) is 0 Å². The van der Waals surface area contributed by atoms with Crippen molar-refractivity contribution in [1.29, 1.82) is 0 Å². The fourth-order valence-corrected chi connectivity index (χ4v) is 1.21. The first-order valence-corrected chi connectivity index (χ1v) is 4.65. The van der Waals surface area contributed by atoms with Crippen molar-refractivity contribution in [3.05, 3.63) is 12.3 Å². The summed E-state index contributed by atoms with van der Waals surface area (Å²) in [5.74, 6) is -0.203. The van der Waals surface area contributed by atoms with E-state index in [2.05, 4.69) is 6.58 Å². The fourth-order valence-electron chi connectivity index (χ4n) is 1.21. The second kappa shape index (κ2) is 5.54. The van der Waals surface area contributed by atoms with E-state index in [1.807, 2.05) is 6.92 Å². The minimum atomic E-state index is -0.453. The number of carbonyl (C=O) groups is 2. The molecule has 80 valence electrons. The standard InChI is InChI=1S/C10H18N2O2/c1-5-10(6-13)12(9(4)14)8(3)7(2)11/h6-7,10H,3,5,11H2,1-2,4H3. The molecule has 0 aromatic rings. The molecular formula is C10H18N2O2. The summed E-state index contributed by atoms with van der Waals surface area (Å²) < 4.78 is 0. The Balaban J connectivity index is 4.84. The number of nitrogens with two attached hydrogens (primary N) is 1. The third-order valence-corrected chi connectivity index (χ3v) is 2.08. The van der Waals surface area contributed by atoms with Crippen molar-refractivity contribution in [1.82, 2.24) is 4.90 Å². The van der Waals surface area contributed by atoms with Gasteiger partial charge in [0.15, 0.2) is 0 Å². The third kappa shape index (κ3) is 2.96. The highest BCUT2D eigenvalue weighted by Crippen LogP contribution is 2.12. The Bertz CT molecular complexity index is 236. The maximum atomic E-state index is 11.3. The molecular weight excluding hydrogens is 180 g/mol. The quantitative estimate of drug-likeness (QED) is 0.660.